The first-order valence-corrected chi connectivity index (χ1v) is 9.38. The molecule has 0 bridgehead atoms. The maximum atomic E-state index is 10.7. The van der Waals surface area contributed by atoms with Crippen molar-refractivity contribution >= 4 is 34.7 Å². The van der Waals surface area contributed by atoms with Crippen molar-refractivity contribution in [1.82, 2.24) is 0 Å². The van der Waals surface area contributed by atoms with Gasteiger partial charge in [-0.1, -0.05) is 41.4 Å². The van der Waals surface area contributed by atoms with E-state index >= 15 is 0 Å². The van der Waals surface area contributed by atoms with Crippen molar-refractivity contribution in [3.63, 3.8) is 0 Å². The van der Waals surface area contributed by atoms with Gasteiger partial charge in [0.15, 0.2) is 0 Å². The predicted molar refractivity (Wildman–Crippen MR) is 105 cm³/mol. The van der Waals surface area contributed by atoms with Crippen LogP contribution in [0.5, 0.6) is 5.75 Å². The molecule has 0 fully saturated rings. The van der Waals surface area contributed by atoms with E-state index in [4.69, 9.17) is 33.0 Å². The number of rotatable bonds is 7. The van der Waals surface area contributed by atoms with Crippen LogP contribution >= 0.6 is 23.2 Å². The quantitative estimate of drug-likeness (QED) is 0.627. The van der Waals surface area contributed by atoms with Gasteiger partial charge in [-0.2, -0.15) is 0 Å². The summed E-state index contributed by atoms with van der Waals surface area (Å²) in [5.41, 5.74) is 4.67. The molecule has 1 aliphatic rings. The summed E-state index contributed by atoms with van der Waals surface area (Å²) >= 11 is 12.2. The minimum absolute atomic E-state index is 0.0667. The zero-order valence-electron chi connectivity index (χ0n) is 14.3. The number of halogens is 2. The lowest BCUT2D eigenvalue weighted by Crippen LogP contribution is -2.02. The molecule has 0 aliphatic heterocycles. The molecule has 0 aromatic heterocycles. The molecule has 0 saturated carbocycles. The average Bonchev–Trinajstić information content (AvgIpc) is 3.08. The second kappa shape index (κ2) is 8.61. The fraction of sp³-hybridized carbons (Fsp3) is 0.286. The highest BCUT2D eigenvalue weighted by atomic mass is 35.5. The number of carboxylic acids is 1. The minimum atomic E-state index is -0.829. The van der Waals surface area contributed by atoms with Crippen LogP contribution in [0.1, 0.15) is 36.8 Å². The first-order valence-electron chi connectivity index (χ1n) is 8.63. The van der Waals surface area contributed by atoms with Crippen LogP contribution in [-0.2, 0) is 11.2 Å². The molecule has 0 spiro atoms. The molecule has 3 nitrogen and oxygen atoms in total. The summed E-state index contributed by atoms with van der Waals surface area (Å²) in [5, 5.41) is 10.1. The van der Waals surface area contributed by atoms with Crippen LogP contribution in [0.15, 0.2) is 48.0 Å². The number of aliphatic carboxylic acids is 1. The lowest BCUT2D eigenvalue weighted by Gasteiger charge is -2.12. The molecule has 0 amide bonds. The Morgan fingerprint density at radius 2 is 1.85 bits per heavy atom. The lowest BCUT2D eigenvalue weighted by atomic mass is 10.0. The molecule has 0 saturated heterocycles. The molecule has 2 aromatic carbocycles. The SMILES string of the molecule is O=C(O)CCc1ccc(OCC2=C(c3ccc(Cl)cc3)CCC2)cc1Cl. The van der Waals surface area contributed by atoms with Gasteiger partial charge in [0.25, 0.3) is 0 Å². The van der Waals surface area contributed by atoms with Gasteiger partial charge >= 0.3 is 5.97 Å². The number of carbonyl (C=O) groups is 1. The topological polar surface area (TPSA) is 46.5 Å². The highest BCUT2D eigenvalue weighted by Gasteiger charge is 2.17. The van der Waals surface area contributed by atoms with E-state index in [0.29, 0.717) is 23.8 Å². The highest BCUT2D eigenvalue weighted by Crippen LogP contribution is 2.35. The van der Waals surface area contributed by atoms with E-state index < -0.39 is 5.97 Å². The van der Waals surface area contributed by atoms with Gasteiger partial charge in [-0.25, -0.2) is 0 Å². The summed E-state index contributed by atoms with van der Waals surface area (Å²) < 4.78 is 5.94. The summed E-state index contributed by atoms with van der Waals surface area (Å²) in [6.45, 7) is 0.531. The third-order valence-electron chi connectivity index (χ3n) is 4.57. The summed E-state index contributed by atoms with van der Waals surface area (Å²) in [7, 11) is 0. The maximum absolute atomic E-state index is 10.7. The van der Waals surface area contributed by atoms with E-state index in [1.54, 1.807) is 6.07 Å². The minimum Gasteiger partial charge on any atom is -0.489 e. The van der Waals surface area contributed by atoms with Crippen molar-refractivity contribution < 1.29 is 14.6 Å². The Labute approximate surface area is 163 Å². The molecular weight excluding hydrogens is 371 g/mol. The molecule has 1 aliphatic carbocycles. The molecule has 0 unspecified atom stereocenters. The number of carboxylic acid groups (broad SMARTS) is 1. The van der Waals surface area contributed by atoms with Gasteiger partial charge in [-0.05, 0) is 72.2 Å². The smallest absolute Gasteiger partial charge is 0.303 e. The Hall–Kier alpha value is -1.97. The standard InChI is InChI=1S/C21H20Cl2O3/c22-17-8-4-14(5-9-17)19-3-1-2-16(19)13-26-18-10-6-15(20(23)12-18)7-11-21(24)25/h4-6,8-10,12H,1-3,7,11,13H2,(H,24,25). The first-order chi connectivity index (χ1) is 12.5. The lowest BCUT2D eigenvalue weighted by molar-refractivity contribution is -0.136. The van der Waals surface area contributed by atoms with Gasteiger partial charge in [0, 0.05) is 16.5 Å². The number of ether oxygens (including phenoxy) is 1. The van der Waals surface area contributed by atoms with Gasteiger partial charge in [0.1, 0.15) is 12.4 Å². The average molecular weight is 391 g/mol. The molecule has 0 radical (unpaired) electrons. The molecular formula is C21H20Cl2O3. The summed E-state index contributed by atoms with van der Waals surface area (Å²) in [6.07, 6.45) is 3.70. The van der Waals surface area contributed by atoms with E-state index in [2.05, 4.69) is 12.1 Å². The number of benzene rings is 2. The van der Waals surface area contributed by atoms with Crippen molar-refractivity contribution in [2.45, 2.75) is 32.1 Å². The monoisotopic (exact) mass is 390 g/mol. The highest BCUT2D eigenvalue weighted by molar-refractivity contribution is 6.31. The fourth-order valence-electron chi connectivity index (χ4n) is 3.20. The molecule has 1 N–H and O–H groups in total. The number of allylic oxidation sites excluding steroid dienone is 1. The largest absolute Gasteiger partial charge is 0.489 e. The van der Waals surface area contributed by atoms with Crippen LogP contribution in [0.3, 0.4) is 0 Å². The van der Waals surface area contributed by atoms with E-state index in [1.165, 1.54) is 16.7 Å². The zero-order chi connectivity index (χ0) is 18.5. The number of hydrogen-bond acceptors (Lipinski definition) is 2. The predicted octanol–water partition coefficient (Wildman–Crippen LogP) is 6.03. The molecule has 3 rings (SSSR count). The third-order valence-corrected chi connectivity index (χ3v) is 5.17. The number of hydrogen-bond donors (Lipinski definition) is 1. The van der Waals surface area contributed by atoms with E-state index in [1.807, 2.05) is 24.3 Å². The van der Waals surface area contributed by atoms with Crippen molar-refractivity contribution in [2.24, 2.45) is 0 Å². The summed E-state index contributed by atoms with van der Waals surface area (Å²) in [5.74, 6) is -0.131. The first kappa shape index (κ1) is 18.8. The van der Waals surface area contributed by atoms with Crippen molar-refractivity contribution in [3.8, 4) is 5.75 Å². The van der Waals surface area contributed by atoms with Crippen molar-refractivity contribution in [2.75, 3.05) is 6.61 Å². The van der Waals surface area contributed by atoms with Gasteiger partial charge in [0.2, 0.25) is 0 Å². The van der Waals surface area contributed by atoms with E-state index in [9.17, 15) is 4.79 Å². The Morgan fingerprint density at radius 3 is 2.54 bits per heavy atom. The maximum Gasteiger partial charge on any atom is 0.303 e. The zero-order valence-corrected chi connectivity index (χ0v) is 15.8. The van der Waals surface area contributed by atoms with E-state index in [-0.39, 0.29) is 6.42 Å². The molecule has 26 heavy (non-hydrogen) atoms. The van der Waals surface area contributed by atoms with Crippen LogP contribution < -0.4 is 4.74 Å². The molecule has 2 aromatic rings. The number of aryl methyl sites for hydroxylation is 1. The van der Waals surface area contributed by atoms with Crippen LogP contribution in [-0.4, -0.2) is 17.7 Å². The second-order valence-corrected chi connectivity index (χ2v) is 7.22. The van der Waals surface area contributed by atoms with Gasteiger partial charge in [-0.3, -0.25) is 4.79 Å². The molecule has 5 heteroatoms. The van der Waals surface area contributed by atoms with Crippen molar-refractivity contribution in [3.05, 3.63) is 69.2 Å². The normalized spacial score (nSPS) is 13.9. The van der Waals surface area contributed by atoms with E-state index in [0.717, 1.165) is 29.8 Å². The van der Waals surface area contributed by atoms with Gasteiger partial charge in [-0.15, -0.1) is 0 Å². The third kappa shape index (κ3) is 4.80. The molecule has 0 heterocycles. The van der Waals surface area contributed by atoms with Crippen LogP contribution in [0.25, 0.3) is 5.57 Å². The Morgan fingerprint density at radius 1 is 1.08 bits per heavy atom. The van der Waals surface area contributed by atoms with Gasteiger partial charge in [0.05, 0.1) is 0 Å². The molecule has 0 atom stereocenters. The van der Waals surface area contributed by atoms with Gasteiger partial charge < -0.3 is 9.84 Å². The van der Waals surface area contributed by atoms with Crippen molar-refractivity contribution in [1.29, 1.82) is 0 Å². The Kier molecular flexibility index (Phi) is 6.23. The summed E-state index contributed by atoms with van der Waals surface area (Å²) in [4.78, 5) is 10.7. The van der Waals surface area contributed by atoms with Crippen LogP contribution in [0.4, 0.5) is 0 Å². The summed E-state index contributed by atoms with van der Waals surface area (Å²) in [6, 6.07) is 13.4. The van der Waals surface area contributed by atoms with Crippen LogP contribution in [0.2, 0.25) is 10.0 Å². The fourth-order valence-corrected chi connectivity index (χ4v) is 3.59. The second-order valence-electron chi connectivity index (χ2n) is 6.38. The Bertz CT molecular complexity index is 826. The Balaban J connectivity index is 1.67. The van der Waals surface area contributed by atoms with Crippen LogP contribution in [0, 0.1) is 0 Å². The molecule has 136 valence electrons.